The van der Waals surface area contributed by atoms with Crippen molar-refractivity contribution in [2.45, 2.75) is 25.4 Å². The summed E-state index contributed by atoms with van der Waals surface area (Å²) in [5, 5.41) is 3.52. The van der Waals surface area contributed by atoms with Gasteiger partial charge in [-0.05, 0) is 25.5 Å². The van der Waals surface area contributed by atoms with E-state index in [0.717, 1.165) is 18.0 Å². The van der Waals surface area contributed by atoms with E-state index in [2.05, 4.69) is 23.8 Å². The van der Waals surface area contributed by atoms with E-state index in [9.17, 15) is 0 Å². The van der Waals surface area contributed by atoms with Crippen molar-refractivity contribution in [3.8, 4) is 0 Å². The van der Waals surface area contributed by atoms with Crippen molar-refractivity contribution in [1.82, 2.24) is 14.9 Å². The van der Waals surface area contributed by atoms with Gasteiger partial charge in [0.2, 0.25) is 0 Å². The summed E-state index contributed by atoms with van der Waals surface area (Å²) in [4.78, 5) is 4.40. The van der Waals surface area contributed by atoms with Gasteiger partial charge in [0.25, 0.3) is 0 Å². The molecule has 0 fully saturated rings. The minimum atomic E-state index is -0.0325. The number of imidazole rings is 1. The standard InChI is InChI=1S/C14H19N3O/c1-4-6-11(2)16-13(12-7-5-10-18-12)14-15-8-9-17(14)3/h4-5,7-11,13,16H,1,6H2,2-3H3. The van der Waals surface area contributed by atoms with Gasteiger partial charge in [-0.2, -0.15) is 0 Å². The molecule has 2 heterocycles. The van der Waals surface area contributed by atoms with E-state index in [1.807, 2.05) is 36.0 Å². The molecule has 96 valence electrons. The number of aryl methyl sites for hydroxylation is 1. The van der Waals surface area contributed by atoms with Crippen molar-refractivity contribution >= 4 is 0 Å². The first kappa shape index (κ1) is 12.6. The molecule has 1 N–H and O–H groups in total. The lowest BCUT2D eigenvalue weighted by atomic mass is 10.1. The molecule has 4 heteroatoms. The molecule has 2 aromatic rings. The lowest BCUT2D eigenvalue weighted by Gasteiger charge is -2.20. The number of nitrogens with zero attached hydrogens (tertiary/aromatic N) is 2. The normalized spacial score (nSPS) is 14.3. The van der Waals surface area contributed by atoms with Gasteiger partial charge in [-0.25, -0.2) is 4.98 Å². The zero-order valence-corrected chi connectivity index (χ0v) is 10.8. The third-order valence-corrected chi connectivity index (χ3v) is 2.92. The molecule has 0 aliphatic carbocycles. The molecule has 0 aliphatic rings. The Morgan fingerprint density at radius 1 is 1.61 bits per heavy atom. The van der Waals surface area contributed by atoms with Crippen LogP contribution in [0.2, 0.25) is 0 Å². The summed E-state index contributed by atoms with van der Waals surface area (Å²) in [6.45, 7) is 5.89. The second-order valence-electron chi connectivity index (χ2n) is 4.44. The van der Waals surface area contributed by atoms with E-state index >= 15 is 0 Å². The molecule has 2 unspecified atom stereocenters. The summed E-state index contributed by atoms with van der Waals surface area (Å²) in [6, 6.07) is 4.14. The van der Waals surface area contributed by atoms with Crippen LogP contribution in [0.1, 0.15) is 31.0 Å². The quantitative estimate of drug-likeness (QED) is 0.796. The van der Waals surface area contributed by atoms with Crippen LogP contribution in [0.5, 0.6) is 0 Å². The second kappa shape index (κ2) is 5.69. The summed E-state index contributed by atoms with van der Waals surface area (Å²) < 4.78 is 7.51. The van der Waals surface area contributed by atoms with Crippen LogP contribution in [0.25, 0.3) is 0 Å². The molecule has 0 spiro atoms. The fourth-order valence-corrected chi connectivity index (χ4v) is 2.00. The van der Waals surface area contributed by atoms with Crippen LogP contribution in [0.15, 0.2) is 47.9 Å². The minimum Gasteiger partial charge on any atom is -0.467 e. The fourth-order valence-electron chi connectivity index (χ4n) is 2.00. The smallest absolute Gasteiger partial charge is 0.133 e. The summed E-state index contributed by atoms with van der Waals surface area (Å²) in [5.74, 6) is 1.82. The van der Waals surface area contributed by atoms with E-state index in [1.165, 1.54) is 0 Å². The van der Waals surface area contributed by atoms with Crippen LogP contribution in [0.4, 0.5) is 0 Å². The molecular weight excluding hydrogens is 226 g/mol. The first-order valence-corrected chi connectivity index (χ1v) is 6.10. The highest BCUT2D eigenvalue weighted by atomic mass is 16.3. The van der Waals surface area contributed by atoms with E-state index in [0.29, 0.717) is 6.04 Å². The van der Waals surface area contributed by atoms with Crippen LogP contribution < -0.4 is 5.32 Å². The average molecular weight is 245 g/mol. The number of hydrogen-bond donors (Lipinski definition) is 1. The number of aromatic nitrogens is 2. The first-order chi connectivity index (χ1) is 8.72. The summed E-state index contributed by atoms with van der Waals surface area (Å²) in [7, 11) is 1.98. The maximum Gasteiger partial charge on any atom is 0.133 e. The Kier molecular flexibility index (Phi) is 3.99. The van der Waals surface area contributed by atoms with E-state index in [1.54, 1.807) is 12.5 Å². The largest absolute Gasteiger partial charge is 0.467 e. The zero-order chi connectivity index (χ0) is 13.0. The van der Waals surface area contributed by atoms with Gasteiger partial charge in [0.1, 0.15) is 17.6 Å². The Hall–Kier alpha value is -1.81. The highest BCUT2D eigenvalue weighted by Crippen LogP contribution is 2.21. The summed E-state index contributed by atoms with van der Waals surface area (Å²) in [6.07, 6.45) is 8.23. The fraction of sp³-hybridized carbons (Fsp3) is 0.357. The van der Waals surface area contributed by atoms with E-state index in [-0.39, 0.29) is 6.04 Å². The Bertz CT molecular complexity index is 487. The van der Waals surface area contributed by atoms with Gasteiger partial charge < -0.3 is 8.98 Å². The van der Waals surface area contributed by atoms with Crippen molar-refractivity contribution in [3.05, 3.63) is 55.0 Å². The third kappa shape index (κ3) is 2.71. The van der Waals surface area contributed by atoms with Gasteiger partial charge in [0.05, 0.1) is 6.26 Å². The van der Waals surface area contributed by atoms with Crippen molar-refractivity contribution in [3.63, 3.8) is 0 Å². The number of hydrogen-bond acceptors (Lipinski definition) is 3. The zero-order valence-electron chi connectivity index (χ0n) is 10.8. The Labute approximate surface area is 107 Å². The molecule has 0 saturated heterocycles. The molecule has 18 heavy (non-hydrogen) atoms. The molecule has 0 aromatic carbocycles. The van der Waals surface area contributed by atoms with Gasteiger partial charge in [-0.15, -0.1) is 6.58 Å². The number of rotatable bonds is 6. The molecule has 0 saturated carbocycles. The van der Waals surface area contributed by atoms with Crippen molar-refractivity contribution in [1.29, 1.82) is 0 Å². The molecule has 2 rings (SSSR count). The topological polar surface area (TPSA) is 43.0 Å². The number of nitrogens with one attached hydrogen (secondary N) is 1. The SMILES string of the molecule is C=CCC(C)NC(c1ccco1)c1nccn1C. The lowest BCUT2D eigenvalue weighted by molar-refractivity contribution is 0.399. The van der Waals surface area contributed by atoms with Gasteiger partial charge in [-0.1, -0.05) is 6.08 Å². The molecule has 0 amide bonds. The first-order valence-electron chi connectivity index (χ1n) is 6.10. The average Bonchev–Trinajstić information content (AvgIpc) is 2.97. The van der Waals surface area contributed by atoms with Crippen LogP contribution in [0.3, 0.4) is 0 Å². The molecule has 4 nitrogen and oxygen atoms in total. The molecule has 0 radical (unpaired) electrons. The summed E-state index contributed by atoms with van der Waals surface area (Å²) in [5.41, 5.74) is 0. The molecule has 0 bridgehead atoms. The molecular formula is C14H19N3O. The Morgan fingerprint density at radius 3 is 3.00 bits per heavy atom. The van der Waals surface area contributed by atoms with Gasteiger partial charge in [0.15, 0.2) is 0 Å². The lowest BCUT2D eigenvalue weighted by Crippen LogP contribution is -2.32. The van der Waals surface area contributed by atoms with Crippen LogP contribution in [-0.2, 0) is 7.05 Å². The second-order valence-corrected chi connectivity index (χ2v) is 4.44. The van der Waals surface area contributed by atoms with Gasteiger partial charge >= 0.3 is 0 Å². The Morgan fingerprint density at radius 2 is 2.44 bits per heavy atom. The predicted molar refractivity (Wildman–Crippen MR) is 71.2 cm³/mol. The monoisotopic (exact) mass is 245 g/mol. The van der Waals surface area contributed by atoms with E-state index < -0.39 is 0 Å². The van der Waals surface area contributed by atoms with Crippen molar-refractivity contribution in [2.75, 3.05) is 0 Å². The number of furan rings is 1. The van der Waals surface area contributed by atoms with Gasteiger partial charge in [0, 0.05) is 25.5 Å². The van der Waals surface area contributed by atoms with Gasteiger partial charge in [-0.3, -0.25) is 5.32 Å². The van der Waals surface area contributed by atoms with Crippen LogP contribution >= 0.6 is 0 Å². The minimum absolute atomic E-state index is 0.0325. The Balaban J connectivity index is 2.24. The maximum absolute atomic E-state index is 5.51. The molecule has 2 atom stereocenters. The molecule has 2 aromatic heterocycles. The van der Waals surface area contributed by atoms with E-state index in [4.69, 9.17) is 4.42 Å². The highest BCUT2D eigenvalue weighted by molar-refractivity contribution is 5.16. The van der Waals surface area contributed by atoms with Crippen LogP contribution in [-0.4, -0.2) is 15.6 Å². The maximum atomic E-state index is 5.51. The van der Waals surface area contributed by atoms with Crippen LogP contribution in [0, 0.1) is 0 Å². The highest BCUT2D eigenvalue weighted by Gasteiger charge is 2.22. The van der Waals surface area contributed by atoms with Crippen molar-refractivity contribution in [2.24, 2.45) is 7.05 Å². The third-order valence-electron chi connectivity index (χ3n) is 2.92. The summed E-state index contributed by atoms with van der Waals surface area (Å²) >= 11 is 0. The predicted octanol–water partition coefficient (Wildman–Crippen LogP) is 2.66. The van der Waals surface area contributed by atoms with Crippen molar-refractivity contribution < 1.29 is 4.42 Å². The molecule has 0 aliphatic heterocycles.